The van der Waals surface area contributed by atoms with Gasteiger partial charge >= 0.3 is 0 Å². The number of pyridine rings is 1. The summed E-state index contributed by atoms with van der Waals surface area (Å²) in [6.07, 6.45) is 4.28. The lowest BCUT2D eigenvalue weighted by Gasteiger charge is -2.32. The van der Waals surface area contributed by atoms with Crippen LogP contribution in [0.1, 0.15) is 19.8 Å². The van der Waals surface area contributed by atoms with Crippen LogP contribution in [0, 0.1) is 0 Å². The number of hydrogen-bond acceptors (Lipinski definition) is 5. The van der Waals surface area contributed by atoms with Crippen molar-refractivity contribution in [3.63, 3.8) is 0 Å². The van der Waals surface area contributed by atoms with Crippen LogP contribution in [0.3, 0.4) is 0 Å². The van der Waals surface area contributed by atoms with Crippen LogP contribution >= 0.6 is 0 Å². The van der Waals surface area contributed by atoms with Crippen molar-refractivity contribution in [1.82, 2.24) is 9.88 Å². The molecule has 3 rings (SSSR count). The zero-order valence-corrected chi connectivity index (χ0v) is 12.9. The van der Waals surface area contributed by atoms with Gasteiger partial charge in [0.1, 0.15) is 5.82 Å². The van der Waals surface area contributed by atoms with Gasteiger partial charge < -0.3 is 15.0 Å². The fourth-order valence-corrected chi connectivity index (χ4v) is 3.18. The van der Waals surface area contributed by atoms with Gasteiger partial charge in [0, 0.05) is 56.7 Å². The minimum atomic E-state index is 0.675. The number of ether oxygens (including phenoxy) is 1. The van der Waals surface area contributed by atoms with Crippen LogP contribution in [0.5, 0.6) is 0 Å². The number of aromatic nitrogens is 1. The van der Waals surface area contributed by atoms with E-state index in [1.807, 2.05) is 6.20 Å². The Morgan fingerprint density at radius 2 is 2.19 bits per heavy atom. The molecule has 0 aliphatic carbocycles. The van der Waals surface area contributed by atoms with E-state index in [0.29, 0.717) is 6.04 Å². The lowest BCUT2D eigenvalue weighted by Crippen LogP contribution is -2.44. The second-order valence-corrected chi connectivity index (χ2v) is 5.86. The minimum Gasteiger partial charge on any atom is -0.379 e. The topological polar surface area (TPSA) is 40.6 Å². The Balaban J connectivity index is 1.60. The highest BCUT2D eigenvalue weighted by molar-refractivity contribution is 5.54. The largest absolute Gasteiger partial charge is 0.379 e. The molecule has 0 spiro atoms. The van der Waals surface area contributed by atoms with Crippen LogP contribution in [-0.4, -0.2) is 61.9 Å². The van der Waals surface area contributed by atoms with Gasteiger partial charge in [-0.05, 0) is 18.9 Å². The highest BCUT2D eigenvalue weighted by atomic mass is 16.5. The van der Waals surface area contributed by atoms with E-state index in [9.17, 15) is 0 Å². The van der Waals surface area contributed by atoms with Crippen molar-refractivity contribution in [2.45, 2.75) is 25.8 Å². The summed E-state index contributed by atoms with van der Waals surface area (Å²) in [5, 5.41) is 3.37. The molecule has 5 heteroatoms. The fraction of sp³-hybridized carbons (Fsp3) is 0.688. The van der Waals surface area contributed by atoms with E-state index in [0.717, 1.165) is 58.2 Å². The quantitative estimate of drug-likeness (QED) is 0.896. The first-order valence-corrected chi connectivity index (χ1v) is 8.13. The molecule has 116 valence electrons. The normalized spacial score (nSPS) is 23.5. The Labute approximate surface area is 127 Å². The monoisotopic (exact) mass is 290 g/mol. The van der Waals surface area contributed by atoms with Gasteiger partial charge in [-0.3, -0.25) is 4.90 Å². The third-order valence-electron chi connectivity index (χ3n) is 4.39. The van der Waals surface area contributed by atoms with Crippen molar-refractivity contribution in [3.05, 3.63) is 18.3 Å². The van der Waals surface area contributed by atoms with Gasteiger partial charge in [0.25, 0.3) is 0 Å². The van der Waals surface area contributed by atoms with Crippen LogP contribution in [0.25, 0.3) is 0 Å². The molecule has 1 unspecified atom stereocenters. The van der Waals surface area contributed by atoms with Crippen LogP contribution < -0.4 is 10.2 Å². The summed E-state index contributed by atoms with van der Waals surface area (Å²) >= 11 is 0. The second kappa shape index (κ2) is 7.09. The highest BCUT2D eigenvalue weighted by Gasteiger charge is 2.28. The number of nitrogens with zero attached hydrogens (tertiary/aromatic N) is 3. The lowest BCUT2D eigenvalue weighted by atomic mass is 10.2. The fourth-order valence-electron chi connectivity index (χ4n) is 3.18. The minimum absolute atomic E-state index is 0.675. The molecule has 2 fully saturated rings. The molecule has 0 radical (unpaired) electrons. The average Bonchev–Trinajstić information content (AvgIpc) is 3.04. The number of morpholine rings is 1. The Morgan fingerprint density at radius 1 is 1.33 bits per heavy atom. The van der Waals surface area contributed by atoms with Gasteiger partial charge in [-0.1, -0.05) is 6.92 Å². The van der Waals surface area contributed by atoms with Gasteiger partial charge in [-0.15, -0.1) is 0 Å². The smallest absolute Gasteiger partial charge is 0.127 e. The van der Waals surface area contributed by atoms with Gasteiger partial charge in [-0.2, -0.15) is 0 Å². The number of nitrogens with one attached hydrogen (secondary N) is 1. The first kappa shape index (κ1) is 14.6. The summed E-state index contributed by atoms with van der Waals surface area (Å²) < 4.78 is 5.45. The van der Waals surface area contributed by atoms with Crippen LogP contribution in [-0.2, 0) is 4.74 Å². The average molecular weight is 290 g/mol. The molecule has 21 heavy (non-hydrogen) atoms. The molecule has 0 saturated carbocycles. The second-order valence-electron chi connectivity index (χ2n) is 5.86. The van der Waals surface area contributed by atoms with Gasteiger partial charge in [0.2, 0.25) is 0 Å². The maximum Gasteiger partial charge on any atom is 0.127 e. The highest BCUT2D eigenvalue weighted by Crippen LogP contribution is 2.24. The lowest BCUT2D eigenvalue weighted by molar-refractivity contribution is 0.0209. The third kappa shape index (κ3) is 3.66. The van der Waals surface area contributed by atoms with E-state index in [2.05, 4.69) is 39.2 Å². The molecule has 0 bridgehead atoms. The first-order valence-electron chi connectivity index (χ1n) is 8.13. The van der Waals surface area contributed by atoms with Crippen molar-refractivity contribution < 1.29 is 4.74 Å². The Hall–Kier alpha value is -1.33. The summed E-state index contributed by atoms with van der Waals surface area (Å²) in [5.41, 5.74) is 1.29. The van der Waals surface area contributed by atoms with Crippen molar-refractivity contribution in [2.75, 3.05) is 56.2 Å². The molecule has 0 amide bonds. The molecule has 5 nitrogen and oxygen atoms in total. The van der Waals surface area contributed by atoms with Crippen LogP contribution in [0.2, 0.25) is 0 Å². The first-order chi connectivity index (χ1) is 10.4. The molecule has 0 aromatic carbocycles. The number of rotatable bonds is 5. The van der Waals surface area contributed by atoms with E-state index in [4.69, 9.17) is 4.74 Å². The van der Waals surface area contributed by atoms with E-state index in [1.165, 1.54) is 12.1 Å². The summed E-state index contributed by atoms with van der Waals surface area (Å²) in [4.78, 5) is 9.46. The summed E-state index contributed by atoms with van der Waals surface area (Å²) in [5.74, 6) is 0.990. The molecule has 1 aromatic heterocycles. The van der Waals surface area contributed by atoms with Crippen molar-refractivity contribution >= 4 is 11.5 Å². The van der Waals surface area contributed by atoms with Crippen molar-refractivity contribution in [2.24, 2.45) is 0 Å². The summed E-state index contributed by atoms with van der Waals surface area (Å²) in [7, 11) is 0. The van der Waals surface area contributed by atoms with E-state index >= 15 is 0 Å². The maximum atomic E-state index is 5.45. The van der Waals surface area contributed by atoms with Crippen molar-refractivity contribution in [1.29, 1.82) is 0 Å². The van der Waals surface area contributed by atoms with Crippen LogP contribution in [0.4, 0.5) is 11.5 Å². The maximum absolute atomic E-state index is 5.45. The van der Waals surface area contributed by atoms with E-state index < -0.39 is 0 Å². The molecule has 2 aliphatic rings. The number of hydrogen-bond donors (Lipinski definition) is 1. The molecule has 2 saturated heterocycles. The molecule has 1 aromatic rings. The molecule has 1 N–H and O–H groups in total. The Bertz CT molecular complexity index is 448. The van der Waals surface area contributed by atoms with E-state index in [-0.39, 0.29) is 0 Å². The summed E-state index contributed by atoms with van der Waals surface area (Å²) in [6, 6.07) is 4.98. The molecular formula is C16H26N4O. The van der Waals surface area contributed by atoms with Crippen LogP contribution in [0.15, 0.2) is 18.3 Å². The molecular weight excluding hydrogens is 264 g/mol. The predicted octanol–water partition coefficient (Wildman–Crippen LogP) is 1.81. The van der Waals surface area contributed by atoms with Gasteiger partial charge in [0.05, 0.1) is 13.2 Å². The van der Waals surface area contributed by atoms with E-state index in [1.54, 1.807) is 0 Å². The Morgan fingerprint density at radius 3 is 3.00 bits per heavy atom. The van der Waals surface area contributed by atoms with Gasteiger partial charge in [0.15, 0.2) is 0 Å². The molecule has 1 atom stereocenters. The predicted molar refractivity (Wildman–Crippen MR) is 86.0 cm³/mol. The van der Waals surface area contributed by atoms with Crippen molar-refractivity contribution in [3.8, 4) is 0 Å². The third-order valence-corrected chi connectivity index (χ3v) is 4.39. The Kier molecular flexibility index (Phi) is 4.93. The molecule has 2 aliphatic heterocycles. The molecule has 3 heterocycles. The zero-order valence-electron chi connectivity index (χ0n) is 12.9. The number of anilines is 2. The summed E-state index contributed by atoms with van der Waals surface area (Å²) in [6.45, 7) is 9.34. The zero-order chi connectivity index (χ0) is 14.5. The SMILES string of the molecule is CCCNc1cc(N2CCC(N3CCOCC3)C2)ccn1. The van der Waals surface area contributed by atoms with Gasteiger partial charge in [-0.25, -0.2) is 4.98 Å². The standard InChI is InChI=1S/C16H26N4O/c1-2-5-17-16-12-14(3-6-18-16)20-7-4-15(13-20)19-8-10-21-11-9-19/h3,6,12,15H,2,4-5,7-11,13H2,1H3,(H,17,18).